The van der Waals surface area contributed by atoms with Gasteiger partial charge in [-0.1, -0.05) is 20.8 Å². The molecule has 0 aliphatic carbocycles. The molecule has 6 heteroatoms. The van der Waals surface area contributed by atoms with E-state index in [0.29, 0.717) is 12.6 Å². The van der Waals surface area contributed by atoms with Crippen molar-refractivity contribution in [2.24, 2.45) is 5.41 Å². The Labute approximate surface area is 107 Å². The molecule has 0 spiro atoms. The first kappa shape index (κ1) is 14.0. The number of rotatable bonds is 6. The summed E-state index contributed by atoms with van der Waals surface area (Å²) in [5, 5.41) is 3.29. The fraction of sp³-hybridized carbons (Fsp3) is 0.727. The molecule has 96 valence electrons. The molecule has 1 heterocycles. The third-order valence-corrected chi connectivity index (χ3v) is 2.71. The minimum Gasteiger partial charge on any atom is -0.464 e. The molecule has 5 nitrogen and oxygen atoms in total. The van der Waals surface area contributed by atoms with Crippen LogP contribution < -0.4 is 10.1 Å². The average molecular weight is 259 g/mol. The number of anilines is 1. The Morgan fingerprint density at radius 2 is 1.94 bits per heavy atom. The van der Waals surface area contributed by atoms with Crippen molar-refractivity contribution < 1.29 is 4.74 Å². The predicted molar refractivity (Wildman–Crippen MR) is 68.6 cm³/mol. The Morgan fingerprint density at radius 3 is 2.53 bits per heavy atom. The predicted octanol–water partition coefficient (Wildman–Crippen LogP) is 2.77. The lowest BCUT2D eigenvalue weighted by molar-refractivity contribution is 0.311. The summed E-state index contributed by atoms with van der Waals surface area (Å²) in [6, 6.07) is 0.254. The number of ether oxygens (including phenoxy) is 1. The fourth-order valence-electron chi connectivity index (χ4n) is 1.05. The standard InChI is InChI=1S/C11H19ClN4O/c1-5-11(3,4)7-13-9-14-8(12)15-10(16-9)17-6-2/h5-7H2,1-4H3,(H,13,14,15,16). The maximum atomic E-state index is 5.79. The monoisotopic (exact) mass is 258 g/mol. The van der Waals surface area contributed by atoms with Crippen molar-refractivity contribution in [2.45, 2.75) is 34.1 Å². The minimum absolute atomic E-state index is 0.139. The second-order valence-corrected chi connectivity index (χ2v) is 4.85. The van der Waals surface area contributed by atoms with E-state index in [1.54, 1.807) is 0 Å². The summed E-state index contributed by atoms with van der Waals surface area (Å²) >= 11 is 5.79. The molecule has 1 aromatic rings. The highest BCUT2D eigenvalue weighted by Gasteiger charge is 2.15. The van der Waals surface area contributed by atoms with Gasteiger partial charge in [0.25, 0.3) is 0 Å². The molecular weight excluding hydrogens is 240 g/mol. The highest BCUT2D eigenvalue weighted by molar-refractivity contribution is 6.28. The number of hydrogen-bond donors (Lipinski definition) is 1. The van der Waals surface area contributed by atoms with Gasteiger partial charge in [-0.3, -0.25) is 0 Å². The van der Waals surface area contributed by atoms with E-state index < -0.39 is 0 Å². The van der Waals surface area contributed by atoms with Crippen LogP contribution in [0.25, 0.3) is 0 Å². The summed E-state index contributed by atoms with van der Waals surface area (Å²) in [6.45, 7) is 9.63. The quantitative estimate of drug-likeness (QED) is 0.850. The molecule has 0 amide bonds. The van der Waals surface area contributed by atoms with Crippen LogP contribution in [0, 0.1) is 5.41 Å². The maximum absolute atomic E-state index is 5.79. The Balaban J connectivity index is 2.70. The van der Waals surface area contributed by atoms with Crippen LogP contribution in [0.4, 0.5) is 5.95 Å². The zero-order valence-corrected chi connectivity index (χ0v) is 11.5. The molecule has 1 aromatic heterocycles. The summed E-state index contributed by atoms with van der Waals surface area (Å²) in [7, 11) is 0. The van der Waals surface area contributed by atoms with Crippen LogP contribution in [0.3, 0.4) is 0 Å². The molecule has 1 rings (SSSR count). The third kappa shape index (κ3) is 4.73. The zero-order chi connectivity index (χ0) is 12.9. The van der Waals surface area contributed by atoms with Crippen molar-refractivity contribution in [2.75, 3.05) is 18.5 Å². The second kappa shape index (κ2) is 6.00. The van der Waals surface area contributed by atoms with Crippen molar-refractivity contribution in [3.05, 3.63) is 5.28 Å². The van der Waals surface area contributed by atoms with Crippen LogP contribution in [-0.2, 0) is 0 Å². The van der Waals surface area contributed by atoms with Crippen LogP contribution in [-0.4, -0.2) is 28.1 Å². The van der Waals surface area contributed by atoms with Crippen molar-refractivity contribution in [1.29, 1.82) is 0 Å². The van der Waals surface area contributed by atoms with Gasteiger partial charge in [0.05, 0.1) is 6.61 Å². The van der Waals surface area contributed by atoms with E-state index in [1.165, 1.54) is 0 Å². The van der Waals surface area contributed by atoms with Crippen LogP contribution in [0.15, 0.2) is 0 Å². The van der Waals surface area contributed by atoms with E-state index >= 15 is 0 Å². The molecule has 17 heavy (non-hydrogen) atoms. The van der Waals surface area contributed by atoms with Crippen LogP contribution in [0.1, 0.15) is 34.1 Å². The van der Waals surface area contributed by atoms with Gasteiger partial charge in [-0.2, -0.15) is 15.0 Å². The molecule has 0 fully saturated rings. The van der Waals surface area contributed by atoms with E-state index in [0.717, 1.165) is 13.0 Å². The molecule has 0 bridgehead atoms. The summed E-state index contributed by atoms with van der Waals surface area (Å²) in [6.07, 6.45) is 1.07. The first-order chi connectivity index (χ1) is 7.96. The van der Waals surface area contributed by atoms with Gasteiger partial charge in [0.15, 0.2) is 0 Å². The largest absolute Gasteiger partial charge is 0.464 e. The molecule has 0 unspecified atom stereocenters. The number of hydrogen-bond acceptors (Lipinski definition) is 5. The van der Waals surface area contributed by atoms with Gasteiger partial charge in [-0.05, 0) is 30.4 Å². The Bertz CT molecular complexity index is 370. The van der Waals surface area contributed by atoms with E-state index in [-0.39, 0.29) is 16.7 Å². The number of nitrogens with zero attached hydrogens (tertiary/aromatic N) is 3. The van der Waals surface area contributed by atoms with Crippen molar-refractivity contribution >= 4 is 17.5 Å². The lowest BCUT2D eigenvalue weighted by Gasteiger charge is -2.22. The van der Waals surface area contributed by atoms with E-state index in [9.17, 15) is 0 Å². The van der Waals surface area contributed by atoms with E-state index in [2.05, 4.69) is 41.0 Å². The van der Waals surface area contributed by atoms with Crippen molar-refractivity contribution in [3.8, 4) is 6.01 Å². The fourth-order valence-corrected chi connectivity index (χ4v) is 1.20. The molecule has 0 radical (unpaired) electrons. The third-order valence-electron chi connectivity index (χ3n) is 2.54. The Kier molecular flexibility index (Phi) is 4.93. The Morgan fingerprint density at radius 1 is 1.24 bits per heavy atom. The van der Waals surface area contributed by atoms with Crippen molar-refractivity contribution in [1.82, 2.24) is 15.0 Å². The second-order valence-electron chi connectivity index (χ2n) is 4.51. The van der Waals surface area contributed by atoms with Crippen LogP contribution in [0.2, 0.25) is 5.28 Å². The van der Waals surface area contributed by atoms with Gasteiger partial charge < -0.3 is 10.1 Å². The first-order valence-corrected chi connectivity index (χ1v) is 6.13. The smallest absolute Gasteiger partial charge is 0.322 e. The topological polar surface area (TPSA) is 59.9 Å². The number of halogens is 1. The Hall–Kier alpha value is -1.10. The molecule has 0 aliphatic heterocycles. The molecule has 0 saturated carbocycles. The minimum atomic E-state index is 0.139. The highest BCUT2D eigenvalue weighted by atomic mass is 35.5. The van der Waals surface area contributed by atoms with E-state index in [1.807, 2.05) is 6.92 Å². The average Bonchev–Trinajstić information content (AvgIpc) is 2.26. The van der Waals surface area contributed by atoms with Gasteiger partial charge in [-0.25, -0.2) is 0 Å². The summed E-state index contributed by atoms with van der Waals surface area (Å²) in [4.78, 5) is 12.0. The van der Waals surface area contributed by atoms with Gasteiger partial charge in [0.1, 0.15) is 0 Å². The summed E-state index contributed by atoms with van der Waals surface area (Å²) < 4.78 is 5.20. The summed E-state index contributed by atoms with van der Waals surface area (Å²) in [5.41, 5.74) is 0.185. The lowest BCUT2D eigenvalue weighted by atomic mass is 9.90. The molecule has 0 aliphatic rings. The van der Waals surface area contributed by atoms with Crippen molar-refractivity contribution in [3.63, 3.8) is 0 Å². The lowest BCUT2D eigenvalue weighted by Crippen LogP contribution is -2.23. The van der Waals surface area contributed by atoms with Gasteiger partial charge >= 0.3 is 6.01 Å². The number of nitrogens with one attached hydrogen (secondary N) is 1. The van der Waals surface area contributed by atoms with Crippen LogP contribution >= 0.6 is 11.6 Å². The zero-order valence-electron chi connectivity index (χ0n) is 10.7. The normalized spacial score (nSPS) is 11.4. The molecular formula is C11H19ClN4O. The molecule has 0 aromatic carbocycles. The van der Waals surface area contributed by atoms with Gasteiger partial charge in [0, 0.05) is 6.54 Å². The van der Waals surface area contributed by atoms with Gasteiger partial charge in [-0.15, -0.1) is 0 Å². The highest BCUT2D eigenvalue weighted by Crippen LogP contribution is 2.20. The van der Waals surface area contributed by atoms with Gasteiger partial charge in [0.2, 0.25) is 11.2 Å². The molecule has 1 N–H and O–H groups in total. The SMILES string of the molecule is CCOc1nc(Cl)nc(NCC(C)(C)CC)n1. The summed E-state index contributed by atoms with van der Waals surface area (Å²) in [5.74, 6) is 0.454. The van der Waals surface area contributed by atoms with Crippen LogP contribution in [0.5, 0.6) is 6.01 Å². The number of aromatic nitrogens is 3. The maximum Gasteiger partial charge on any atom is 0.322 e. The molecule has 0 saturated heterocycles. The van der Waals surface area contributed by atoms with E-state index in [4.69, 9.17) is 16.3 Å². The molecule has 0 atom stereocenters. The first-order valence-electron chi connectivity index (χ1n) is 5.75.